The van der Waals surface area contributed by atoms with Crippen molar-refractivity contribution in [2.45, 2.75) is 51.7 Å². The van der Waals surface area contributed by atoms with E-state index in [0.29, 0.717) is 12.1 Å². The molecule has 1 unspecified atom stereocenters. The Balaban J connectivity index is 1.96. The van der Waals surface area contributed by atoms with E-state index in [1.54, 1.807) is 29.2 Å². The quantitative estimate of drug-likeness (QED) is 0.867. The highest BCUT2D eigenvalue weighted by molar-refractivity contribution is 5.94. The van der Waals surface area contributed by atoms with Crippen LogP contribution in [-0.4, -0.2) is 41.5 Å². The molecule has 1 saturated heterocycles. The van der Waals surface area contributed by atoms with Gasteiger partial charge in [-0.25, -0.2) is 0 Å². The van der Waals surface area contributed by atoms with Crippen molar-refractivity contribution < 1.29 is 14.3 Å². The Kier molecular flexibility index (Phi) is 5.42. The summed E-state index contributed by atoms with van der Waals surface area (Å²) in [5.74, 6) is -0.262. The molecule has 0 radical (unpaired) electrons. The van der Waals surface area contributed by atoms with Crippen LogP contribution in [-0.2, 0) is 16.0 Å². The first-order chi connectivity index (χ1) is 10.7. The van der Waals surface area contributed by atoms with Crippen LogP contribution in [0.3, 0.4) is 0 Å². The minimum Gasteiger partial charge on any atom is -0.460 e. The Morgan fingerprint density at radius 1 is 1.26 bits per heavy atom. The van der Waals surface area contributed by atoms with Crippen LogP contribution >= 0.6 is 0 Å². The number of benzene rings is 1. The van der Waals surface area contributed by atoms with E-state index in [0.717, 1.165) is 24.9 Å². The van der Waals surface area contributed by atoms with Crippen LogP contribution in [0.5, 0.6) is 0 Å². The number of nitrogens with zero attached hydrogens (tertiary/aromatic N) is 1. The molecular weight excluding hydrogens is 292 g/mol. The molecule has 1 aliphatic rings. The summed E-state index contributed by atoms with van der Waals surface area (Å²) >= 11 is 0. The zero-order chi connectivity index (χ0) is 17.0. The molecule has 0 aromatic heterocycles. The molecule has 1 amide bonds. The SMILES string of the molecule is CC(C)(C)OC(=O)Cc1ccc(C(=O)N2CCCC(N)C2)cc1. The van der Waals surface area contributed by atoms with Gasteiger partial charge in [0.2, 0.25) is 0 Å². The lowest BCUT2D eigenvalue weighted by Gasteiger charge is -2.30. The molecule has 1 fully saturated rings. The number of carbonyl (C=O) groups excluding carboxylic acids is 2. The van der Waals surface area contributed by atoms with Crippen molar-refractivity contribution in [2.75, 3.05) is 13.1 Å². The van der Waals surface area contributed by atoms with Crippen LogP contribution < -0.4 is 5.73 Å². The van der Waals surface area contributed by atoms with E-state index in [2.05, 4.69) is 0 Å². The molecule has 1 aliphatic heterocycles. The van der Waals surface area contributed by atoms with Gasteiger partial charge in [0.05, 0.1) is 6.42 Å². The van der Waals surface area contributed by atoms with Gasteiger partial charge in [0, 0.05) is 24.7 Å². The number of hydrogen-bond acceptors (Lipinski definition) is 4. The van der Waals surface area contributed by atoms with Gasteiger partial charge in [-0.1, -0.05) is 12.1 Å². The molecule has 126 valence electrons. The predicted molar refractivity (Wildman–Crippen MR) is 89.1 cm³/mol. The molecule has 0 bridgehead atoms. The first-order valence-corrected chi connectivity index (χ1v) is 8.10. The Morgan fingerprint density at radius 3 is 2.48 bits per heavy atom. The highest BCUT2D eigenvalue weighted by Gasteiger charge is 2.22. The molecule has 23 heavy (non-hydrogen) atoms. The van der Waals surface area contributed by atoms with Gasteiger partial charge in [0.25, 0.3) is 5.91 Å². The van der Waals surface area contributed by atoms with Gasteiger partial charge in [-0.05, 0) is 51.3 Å². The fraction of sp³-hybridized carbons (Fsp3) is 0.556. The third-order valence-corrected chi connectivity index (χ3v) is 3.71. The van der Waals surface area contributed by atoms with Crippen molar-refractivity contribution in [3.05, 3.63) is 35.4 Å². The lowest BCUT2D eigenvalue weighted by atomic mass is 10.0. The summed E-state index contributed by atoms with van der Waals surface area (Å²) in [7, 11) is 0. The number of likely N-dealkylation sites (tertiary alicyclic amines) is 1. The van der Waals surface area contributed by atoms with Crippen molar-refractivity contribution in [3.63, 3.8) is 0 Å². The predicted octanol–water partition coefficient (Wildman–Crippen LogP) is 2.13. The van der Waals surface area contributed by atoms with E-state index in [1.165, 1.54) is 0 Å². The lowest BCUT2D eigenvalue weighted by Crippen LogP contribution is -2.45. The van der Waals surface area contributed by atoms with Crippen LogP contribution in [0.15, 0.2) is 24.3 Å². The molecule has 1 heterocycles. The summed E-state index contributed by atoms with van der Waals surface area (Å²) in [6.45, 7) is 6.90. The van der Waals surface area contributed by atoms with E-state index >= 15 is 0 Å². The maximum absolute atomic E-state index is 12.4. The Morgan fingerprint density at radius 2 is 1.91 bits per heavy atom. The Labute approximate surface area is 137 Å². The molecule has 0 aliphatic carbocycles. The second kappa shape index (κ2) is 7.13. The summed E-state index contributed by atoms with van der Waals surface area (Å²) in [6.07, 6.45) is 2.13. The second-order valence-electron chi connectivity index (χ2n) is 7.11. The molecule has 1 atom stereocenters. The summed E-state index contributed by atoms with van der Waals surface area (Å²) in [4.78, 5) is 26.1. The lowest BCUT2D eigenvalue weighted by molar-refractivity contribution is -0.153. The third kappa shape index (κ3) is 5.36. The van der Waals surface area contributed by atoms with Gasteiger partial charge in [0.15, 0.2) is 0 Å². The number of esters is 1. The first kappa shape index (κ1) is 17.5. The van der Waals surface area contributed by atoms with E-state index in [-0.39, 0.29) is 24.3 Å². The number of nitrogens with two attached hydrogens (primary N) is 1. The minimum absolute atomic E-state index is 0.00367. The molecule has 1 aromatic carbocycles. The van der Waals surface area contributed by atoms with E-state index in [4.69, 9.17) is 10.5 Å². The number of carbonyl (C=O) groups is 2. The molecule has 1 aromatic rings. The number of rotatable bonds is 3. The van der Waals surface area contributed by atoms with Gasteiger partial charge >= 0.3 is 5.97 Å². The topological polar surface area (TPSA) is 72.6 Å². The second-order valence-corrected chi connectivity index (χ2v) is 7.11. The molecule has 5 heteroatoms. The van der Waals surface area contributed by atoms with Crippen molar-refractivity contribution in [1.29, 1.82) is 0 Å². The molecule has 0 saturated carbocycles. The van der Waals surface area contributed by atoms with Crippen molar-refractivity contribution in [2.24, 2.45) is 5.73 Å². The van der Waals surface area contributed by atoms with E-state index in [1.807, 2.05) is 20.8 Å². The fourth-order valence-electron chi connectivity index (χ4n) is 2.69. The molecule has 5 nitrogen and oxygen atoms in total. The van der Waals surface area contributed by atoms with Crippen molar-refractivity contribution in [1.82, 2.24) is 4.90 Å². The number of piperidine rings is 1. The van der Waals surface area contributed by atoms with Gasteiger partial charge < -0.3 is 15.4 Å². The molecule has 2 rings (SSSR count). The zero-order valence-corrected chi connectivity index (χ0v) is 14.2. The van der Waals surface area contributed by atoms with Gasteiger partial charge in [0.1, 0.15) is 5.60 Å². The van der Waals surface area contributed by atoms with Gasteiger partial charge in [-0.3, -0.25) is 9.59 Å². The number of ether oxygens (including phenoxy) is 1. The van der Waals surface area contributed by atoms with Crippen molar-refractivity contribution in [3.8, 4) is 0 Å². The minimum atomic E-state index is -0.486. The van der Waals surface area contributed by atoms with Gasteiger partial charge in [-0.15, -0.1) is 0 Å². The molecular formula is C18H26N2O3. The summed E-state index contributed by atoms with van der Waals surface area (Å²) < 4.78 is 5.30. The van der Waals surface area contributed by atoms with E-state index < -0.39 is 5.60 Å². The standard InChI is InChI=1S/C18H26N2O3/c1-18(2,3)23-16(21)11-13-6-8-14(9-7-13)17(22)20-10-4-5-15(19)12-20/h6-9,15H,4-5,10-12,19H2,1-3H3. The summed E-state index contributed by atoms with van der Waals surface area (Å²) in [5, 5.41) is 0. The first-order valence-electron chi connectivity index (χ1n) is 8.10. The van der Waals surface area contributed by atoms with E-state index in [9.17, 15) is 9.59 Å². The average molecular weight is 318 g/mol. The Bertz CT molecular complexity index is 561. The van der Waals surface area contributed by atoms with Crippen LogP contribution in [0, 0.1) is 0 Å². The third-order valence-electron chi connectivity index (χ3n) is 3.71. The monoisotopic (exact) mass is 318 g/mol. The Hall–Kier alpha value is -1.88. The maximum Gasteiger partial charge on any atom is 0.310 e. The van der Waals surface area contributed by atoms with Crippen molar-refractivity contribution >= 4 is 11.9 Å². The molecule has 2 N–H and O–H groups in total. The smallest absolute Gasteiger partial charge is 0.310 e. The zero-order valence-electron chi connectivity index (χ0n) is 14.2. The number of amides is 1. The van der Waals surface area contributed by atoms with Crippen LogP contribution in [0.1, 0.15) is 49.5 Å². The normalized spacial score (nSPS) is 18.6. The molecule has 0 spiro atoms. The largest absolute Gasteiger partial charge is 0.460 e. The fourth-order valence-corrected chi connectivity index (χ4v) is 2.69. The average Bonchev–Trinajstić information content (AvgIpc) is 2.45. The maximum atomic E-state index is 12.4. The van der Waals surface area contributed by atoms with Crippen LogP contribution in [0.4, 0.5) is 0 Å². The summed E-state index contributed by atoms with van der Waals surface area (Å²) in [5.41, 5.74) is 6.91. The highest BCUT2D eigenvalue weighted by atomic mass is 16.6. The summed E-state index contributed by atoms with van der Waals surface area (Å²) in [6, 6.07) is 7.21. The van der Waals surface area contributed by atoms with Crippen LogP contribution in [0.25, 0.3) is 0 Å². The highest BCUT2D eigenvalue weighted by Crippen LogP contribution is 2.15. The van der Waals surface area contributed by atoms with Gasteiger partial charge in [-0.2, -0.15) is 0 Å². The number of hydrogen-bond donors (Lipinski definition) is 1. The van der Waals surface area contributed by atoms with Crippen LogP contribution in [0.2, 0.25) is 0 Å².